The summed E-state index contributed by atoms with van der Waals surface area (Å²) in [6.07, 6.45) is -0.745. The second-order valence-corrected chi connectivity index (χ2v) is 5.14. The van der Waals surface area contributed by atoms with E-state index >= 15 is 0 Å². The fourth-order valence-electron chi connectivity index (χ4n) is 1.69. The summed E-state index contributed by atoms with van der Waals surface area (Å²) in [4.78, 5) is 0. The minimum Gasteiger partial charge on any atom is -0.485 e. The number of alkyl halides is 1. The minimum atomic E-state index is -0.745. The molecule has 2 nitrogen and oxygen atoms in total. The maximum absolute atomic E-state index is 9.94. The molecule has 1 aromatic rings. The molecule has 0 fully saturated rings. The molecule has 82 valence electrons. The van der Waals surface area contributed by atoms with Crippen LogP contribution in [0, 0.1) is 0 Å². The summed E-state index contributed by atoms with van der Waals surface area (Å²) in [5, 5.41) is 10.1. The van der Waals surface area contributed by atoms with Crippen molar-refractivity contribution in [2.45, 2.75) is 30.9 Å². The van der Waals surface area contributed by atoms with E-state index in [1.54, 1.807) is 18.2 Å². The predicted molar refractivity (Wildman–Crippen MR) is 60.8 cm³/mol. The van der Waals surface area contributed by atoms with Gasteiger partial charge in [0.2, 0.25) is 0 Å². The van der Waals surface area contributed by atoms with Crippen molar-refractivity contribution >= 4 is 23.2 Å². The molecule has 0 spiro atoms. The number of fused-ring (bicyclic) bond motifs is 1. The number of hydrogen-bond donors (Lipinski definition) is 1. The highest BCUT2D eigenvalue weighted by Crippen LogP contribution is 2.43. The number of aliphatic hydroxyl groups is 1. The van der Waals surface area contributed by atoms with Crippen LogP contribution in [0.2, 0.25) is 5.02 Å². The molecule has 0 amide bonds. The first kappa shape index (κ1) is 11.1. The largest absolute Gasteiger partial charge is 0.485 e. The Bertz CT molecular complexity index is 390. The third-order valence-electron chi connectivity index (χ3n) is 2.63. The lowest BCUT2D eigenvalue weighted by atomic mass is 9.91. The Morgan fingerprint density at radius 2 is 2.07 bits per heavy atom. The van der Waals surface area contributed by atoms with E-state index in [0.29, 0.717) is 10.8 Å². The number of aliphatic hydroxyl groups excluding tert-OH is 1. The Labute approximate surface area is 98.8 Å². The van der Waals surface area contributed by atoms with Crippen molar-refractivity contribution in [3.8, 4) is 5.75 Å². The molecule has 0 aromatic heterocycles. The first-order valence-corrected chi connectivity index (χ1v) is 5.54. The van der Waals surface area contributed by atoms with Crippen LogP contribution in [0.5, 0.6) is 5.75 Å². The molecule has 1 aromatic carbocycles. The fraction of sp³-hybridized carbons (Fsp3) is 0.455. The summed E-state index contributed by atoms with van der Waals surface area (Å²) < 4.78 is 5.66. The van der Waals surface area contributed by atoms with E-state index in [-0.39, 0.29) is 0 Å². The second-order valence-electron chi connectivity index (χ2n) is 4.23. The molecule has 0 radical (unpaired) electrons. The van der Waals surface area contributed by atoms with Gasteiger partial charge in [-0.1, -0.05) is 11.6 Å². The van der Waals surface area contributed by atoms with E-state index in [1.807, 2.05) is 13.8 Å². The van der Waals surface area contributed by atoms with E-state index in [0.717, 1.165) is 5.56 Å². The molecule has 1 heterocycles. The summed E-state index contributed by atoms with van der Waals surface area (Å²) in [6.45, 7) is 3.62. The molecule has 4 heteroatoms. The average Bonchev–Trinajstić information content (AvgIpc) is 2.16. The lowest BCUT2D eigenvalue weighted by Gasteiger charge is -2.39. The van der Waals surface area contributed by atoms with Gasteiger partial charge >= 0.3 is 0 Å². The number of rotatable bonds is 0. The molecule has 0 saturated heterocycles. The van der Waals surface area contributed by atoms with Crippen molar-refractivity contribution in [2.24, 2.45) is 0 Å². The van der Waals surface area contributed by atoms with Gasteiger partial charge in [-0.15, -0.1) is 11.6 Å². The van der Waals surface area contributed by atoms with Gasteiger partial charge in [0.15, 0.2) is 0 Å². The van der Waals surface area contributed by atoms with Crippen molar-refractivity contribution in [3.63, 3.8) is 0 Å². The molecule has 0 bridgehead atoms. The number of halogens is 2. The minimum absolute atomic E-state index is 0.484. The highest BCUT2D eigenvalue weighted by molar-refractivity contribution is 6.31. The Morgan fingerprint density at radius 3 is 2.73 bits per heavy atom. The standard InChI is InChI=1S/C11H12Cl2O2/c1-11(2)10(14)9(13)7-5-6(12)3-4-8(7)15-11/h3-5,9-10,14H,1-2H3. The lowest BCUT2D eigenvalue weighted by molar-refractivity contribution is -0.0442. The molecule has 0 aliphatic carbocycles. The third kappa shape index (κ3) is 1.82. The Balaban J connectivity index is 2.50. The van der Waals surface area contributed by atoms with Gasteiger partial charge in [-0.3, -0.25) is 0 Å². The zero-order valence-corrected chi connectivity index (χ0v) is 10.0. The Kier molecular flexibility index (Phi) is 2.61. The van der Waals surface area contributed by atoms with Crippen LogP contribution in [0.25, 0.3) is 0 Å². The van der Waals surface area contributed by atoms with Crippen LogP contribution < -0.4 is 4.74 Å². The molecule has 1 aliphatic rings. The van der Waals surface area contributed by atoms with E-state index in [9.17, 15) is 5.11 Å². The van der Waals surface area contributed by atoms with Gasteiger partial charge < -0.3 is 9.84 Å². The molecule has 1 N–H and O–H groups in total. The molecule has 2 rings (SSSR count). The summed E-state index contributed by atoms with van der Waals surface area (Å²) in [5.41, 5.74) is 0.0729. The number of hydrogen-bond acceptors (Lipinski definition) is 2. The van der Waals surface area contributed by atoms with Crippen molar-refractivity contribution in [1.82, 2.24) is 0 Å². The van der Waals surface area contributed by atoms with E-state index in [2.05, 4.69) is 0 Å². The lowest BCUT2D eigenvalue weighted by Crippen LogP contribution is -2.47. The molecule has 15 heavy (non-hydrogen) atoms. The Hall–Kier alpha value is -0.440. The monoisotopic (exact) mass is 246 g/mol. The highest BCUT2D eigenvalue weighted by Gasteiger charge is 2.41. The van der Waals surface area contributed by atoms with Gasteiger partial charge in [-0.2, -0.15) is 0 Å². The summed E-state index contributed by atoms with van der Waals surface area (Å²) in [5.74, 6) is 0.690. The van der Waals surface area contributed by atoms with Crippen molar-refractivity contribution in [1.29, 1.82) is 0 Å². The summed E-state index contributed by atoms with van der Waals surface area (Å²) in [6, 6.07) is 5.26. The van der Waals surface area contributed by atoms with Crippen LogP contribution in [0.15, 0.2) is 18.2 Å². The van der Waals surface area contributed by atoms with Crippen molar-refractivity contribution < 1.29 is 9.84 Å². The molecule has 2 unspecified atom stereocenters. The van der Waals surface area contributed by atoms with Crippen molar-refractivity contribution in [3.05, 3.63) is 28.8 Å². The van der Waals surface area contributed by atoms with E-state index in [1.165, 1.54) is 0 Å². The Morgan fingerprint density at radius 1 is 1.40 bits per heavy atom. The maximum atomic E-state index is 9.94. The van der Waals surface area contributed by atoms with Crippen LogP contribution in [0.3, 0.4) is 0 Å². The van der Waals surface area contributed by atoms with Gasteiger partial charge in [0.25, 0.3) is 0 Å². The zero-order chi connectivity index (χ0) is 11.2. The molecule has 2 atom stereocenters. The molecule has 0 saturated carbocycles. The quantitative estimate of drug-likeness (QED) is 0.713. The summed E-state index contributed by atoms with van der Waals surface area (Å²) >= 11 is 12.0. The first-order valence-electron chi connectivity index (χ1n) is 4.72. The van der Waals surface area contributed by atoms with Gasteiger partial charge in [-0.05, 0) is 32.0 Å². The van der Waals surface area contributed by atoms with E-state index < -0.39 is 17.1 Å². The highest BCUT2D eigenvalue weighted by atomic mass is 35.5. The average molecular weight is 247 g/mol. The number of benzene rings is 1. The SMILES string of the molecule is CC1(C)Oc2ccc(Cl)cc2C(Cl)C1O. The topological polar surface area (TPSA) is 29.5 Å². The normalized spacial score (nSPS) is 28.1. The second kappa shape index (κ2) is 3.55. The van der Waals surface area contributed by atoms with Gasteiger partial charge in [-0.25, -0.2) is 0 Å². The summed E-state index contributed by atoms with van der Waals surface area (Å²) in [7, 11) is 0. The maximum Gasteiger partial charge on any atom is 0.131 e. The fourth-order valence-corrected chi connectivity index (χ4v) is 2.35. The first-order chi connectivity index (χ1) is 6.92. The third-order valence-corrected chi connectivity index (χ3v) is 3.34. The van der Waals surface area contributed by atoms with Crippen LogP contribution >= 0.6 is 23.2 Å². The van der Waals surface area contributed by atoms with Gasteiger partial charge in [0, 0.05) is 10.6 Å². The molecular formula is C11H12Cl2O2. The van der Waals surface area contributed by atoms with Crippen molar-refractivity contribution in [2.75, 3.05) is 0 Å². The van der Waals surface area contributed by atoms with Gasteiger partial charge in [0.1, 0.15) is 17.5 Å². The smallest absolute Gasteiger partial charge is 0.131 e. The zero-order valence-electron chi connectivity index (χ0n) is 8.50. The number of ether oxygens (including phenoxy) is 1. The van der Waals surface area contributed by atoms with Gasteiger partial charge in [0.05, 0.1) is 5.38 Å². The molecular weight excluding hydrogens is 235 g/mol. The van der Waals surface area contributed by atoms with Crippen LogP contribution in [0.4, 0.5) is 0 Å². The van der Waals surface area contributed by atoms with E-state index in [4.69, 9.17) is 27.9 Å². The predicted octanol–water partition coefficient (Wildman–Crippen LogP) is 3.15. The van der Waals surface area contributed by atoms with Crippen LogP contribution in [-0.2, 0) is 0 Å². The van der Waals surface area contributed by atoms with Crippen LogP contribution in [0.1, 0.15) is 24.8 Å². The molecule has 1 aliphatic heterocycles. The van der Waals surface area contributed by atoms with Crippen LogP contribution in [-0.4, -0.2) is 16.8 Å².